The van der Waals surface area contributed by atoms with Gasteiger partial charge in [-0.25, -0.2) is 17.9 Å². The molecule has 2 aromatic heterocycles. The molecule has 0 saturated carbocycles. The Bertz CT molecular complexity index is 1740. The molecular formula is C25H21N5O4S. The Kier molecular flexibility index (Phi) is 5.67. The molecule has 2 heterocycles. The zero-order valence-electron chi connectivity index (χ0n) is 18.7. The van der Waals surface area contributed by atoms with E-state index in [-0.39, 0.29) is 22.3 Å². The molecule has 9 nitrogen and oxygen atoms in total. The molecule has 5 aromatic rings. The van der Waals surface area contributed by atoms with Crippen molar-refractivity contribution in [1.29, 1.82) is 0 Å². The first-order chi connectivity index (χ1) is 16.8. The number of H-pyrrole nitrogens is 2. The van der Waals surface area contributed by atoms with E-state index in [0.29, 0.717) is 11.3 Å². The summed E-state index contributed by atoms with van der Waals surface area (Å²) in [5.74, 6) is 0. The summed E-state index contributed by atoms with van der Waals surface area (Å²) in [5, 5.41) is 4.82. The molecule has 0 saturated heterocycles. The van der Waals surface area contributed by atoms with Crippen LogP contribution in [0.3, 0.4) is 0 Å². The van der Waals surface area contributed by atoms with Gasteiger partial charge in [0.2, 0.25) is 10.0 Å². The van der Waals surface area contributed by atoms with E-state index in [0.717, 1.165) is 11.3 Å². The number of sulfonamides is 1. The second kappa shape index (κ2) is 8.82. The third-order valence-electron chi connectivity index (χ3n) is 5.67. The lowest BCUT2D eigenvalue weighted by Crippen LogP contribution is -2.27. The summed E-state index contributed by atoms with van der Waals surface area (Å²) in [4.78, 5) is 28.2. The van der Waals surface area contributed by atoms with Crippen LogP contribution in [-0.4, -0.2) is 39.5 Å². The minimum atomic E-state index is -3.96. The van der Waals surface area contributed by atoms with Crippen molar-refractivity contribution in [3.8, 4) is 16.9 Å². The maximum absolute atomic E-state index is 13.4. The average Bonchev–Trinajstić information content (AvgIpc) is 3.28. The molecule has 0 aliphatic rings. The van der Waals surface area contributed by atoms with Crippen molar-refractivity contribution in [2.24, 2.45) is 0 Å². The largest absolute Gasteiger partial charge is 0.326 e. The van der Waals surface area contributed by atoms with E-state index in [2.05, 4.69) is 9.97 Å². The van der Waals surface area contributed by atoms with Gasteiger partial charge < -0.3 is 4.98 Å². The Balaban J connectivity index is 1.54. The van der Waals surface area contributed by atoms with E-state index in [9.17, 15) is 18.0 Å². The quantitative estimate of drug-likeness (QED) is 0.382. The van der Waals surface area contributed by atoms with Crippen molar-refractivity contribution in [1.82, 2.24) is 24.1 Å². The smallest absolute Gasteiger partial charge is 0.307 e. The molecule has 0 aliphatic heterocycles. The van der Waals surface area contributed by atoms with Crippen LogP contribution in [0.1, 0.15) is 5.56 Å². The van der Waals surface area contributed by atoms with Crippen molar-refractivity contribution in [2.75, 3.05) is 7.05 Å². The molecule has 0 bridgehead atoms. The number of rotatable bonds is 6. The molecular weight excluding hydrogens is 466 g/mol. The fourth-order valence-electron chi connectivity index (χ4n) is 3.89. The summed E-state index contributed by atoms with van der Waals surface area (Å²) in [6.07, 6.45) is 1.82. The highest BCUT2D eigenvalue weighted by Crippen LogP contribution is 2.27. The highest BCUT2D eigenvalue weighted by molar-refractivity contribution is 7.89. The third-order valence-corrected chi connectivity index (χ3v) is 7.47. The van der Waals surface area contributed by atoms with Gasteiger partial charge >= 0.3 is 5.69 Å². The van der Waals surface area contributed by atoms with Crippen LogP contribution in [0.2, 0.25) is 0 Å². The topological polar surface area (TPSA) is 121 Å². The lowest BCUT2D eigenvalue weighted by molar-refractivity contribution is 0.467. The first kappa shape index (κ1) is 22.5. The molecule has 176 valence electrons. The molecule has 0 atom stereocenters. The molecule has 35 heavy (non-hydrogen) atoms. The van der Waals surface area contributed by atoms with Gasteiger partial charge in [-0.2, -0.15) is 9.40 Å². The van der Waals surface area contributed by atoms with Crippen LogP contribution in [0.5, 0.6) is 0 Å². The van der Waals surface area contributed by atoms with Gasteiger partial charge in [0.1, 0.15) is 0 Å². The normalized spacial score (nSPS) is 11.8. The van der Waals surface area contributed by atoms with Gasteiger partial charge in [0.25, 0.3) is 5.56 Å². The van der Waals surface area contributed by atoms with Crippen molar-refractivity contribution in [3.05, 3.63) is 111 Å². The summed E-state index contributed by atoms with van der Waals surface area (Å²) in [5.41, 5.74) is 2.06. The van der Waals surface area contributed by atoms with Crippen LogP contribution < -0.4 is 11.2 Å². The summed E-state index contributed by atoms with van der Waals surface area (Å²) < 4.78 is 29.7. The zero-order chi connectivity index (χ0) is 24.6. The highest BCUT2D eigenvalue weighted by atomic mass is 32.2. The lowest BCUT2D eigenvalue weighted by atomic mass is 10.1. The maximum Gasteiger partial charge on any atom is 0.326 e. The number of hydrogen-bond acceptors (Lipinski definition) is 5. The van der Waals surface area contributed by atoms with Crippen LogP contribution in [0.4, 0.5) is 0 Å². The number of aromatic nitrogens is 4. The first-order valence-electron chi connectivity index (χ1n) is 10.7. The molecule has 0 unspecified atom stereocenters. The summed E-state index contributed by atoms with van der Waals surface area (Å²) in [7, 11) is -2.48. The van der Waals surface area contributed by atoms with Crippen molar-refractivity contribution >= 4 is 20.9 Å². The van der Waals surface area contributed by atoms with Gasteiger partial charge in [0.15, 0.2) is 0 Å². The molecule has 0 aliphatic carbocycles. The Morgan fingerprint density at radius 1 is 0.914 bits per heavy atom. The summed E-state index contributed by atoms with van der Waals surface area (Å²) >= 11 is 0. The molecule has 0 amide bonds. The standard InChI is InChI=1S/C25H21N5O4S/c1-29(35(33,34)20-12-13-22-21(14-20)24(31)27-25(32)26-22)15-18-16-30(19-10-6-3-7-11-19)28-23(18)17-8-4-2-5-9-17/h2-14,16H,15H2,1H3,(H2,26,27,31,32). The Morgan fingerprint density at radius 3 is 2.31 bits per heavy atom. The number of hydrogen-bond donors (Lipinski definition) is 2. The summed E-state index contributed by atoms with van der Waals surface area (Å²) in [6.45, 7) is 0.0550. The van der Waals surface area contributed by atoms with Crippen molar-refractivity contribution in [2.45, 2.75) is 11.4 Å². The molecule has 3 aromatic carbocycles. The Labute approximate surface area is 200 Å². The van der Waals surface area contributed by atoms with Gasteiger partial charge in [0.05, 0.1) is 27.2 Å². The second-order valence-electron chi connectivity index (χ2n) is 8.03. The summed E-state index contributed by atoms with van der Waals surface area (Å²) in [6, 6.07) is 23.2. The minimum Gasteiger partial charge on any atom is -0.307 e. The third kappa shape index (κ3) is 4.32. The number of aromatic amines is 2. The van der Waals surface area contributed by atoms with Crippen LogP contribution >= 0.6 is 0 Å². The maximum atomic E-state index is 13.4. The molecule has 2 N–H and O–H groups in total. The van der Waals surface area contributed by atoms with Gasteiger partial charge in [-0.05, 0) is 30.3 Å². The lowest BCUT2D eigenvalue weighted by Gasteiger charge is -2.17. The fraction of sp³-hybridized carbons (Fsp3) is 0.0800. The molecule has 0 spiro atoms. The number of para-hydroxylation sites is 1. The minimum absolute atomic E-state index is 0.0539. The van der Waals surface area contributed by atoms with E-state index in [4.69, 9.17) is 5.10 Å². The van der Waals surface area contributed by atoms with Crippen LogP contribution in [0.15, 0.2) is 99.5 Å². The molecule has 5 rings (SSSR count). The SMILES string of the molecule is CN(Cc1cn(-c2ccccc2)nc1-c1ccccc1)S(=O)(=O)c1ccc2[nH]c(=O)[nH]c(=O)c2c1. The molecule has 0 fully saturated rings. The van der Waals surface area contributed by atoms with Crippen LogP contribution in [0, 0.1) is 0 Å². The van der Waals surface area contributed by atoms with Gasteiger partial charge in [-0.3, -0.25) is 9.78 Å². The van der Waals surface area contributed by atoms with Gasteiger partial charge in [-0.15, -0.1) is 0 Å². The second-order valence-corrected chi connectivity index (χ2v) is 10.1. The predicted octanol–water partition coefficient (Wildman–Crippen LogP) is 2.89. The highest BCUT2D eigenvalue weighted by Gasteiger charge is 2.24. The van der Waals surface area contributed by atoms with E-state index in [1.54, 1.807) is 4.68 Å². The number of nitrogens with one attached hydrogen (secondary N) is 2. The Hall–Kier alpha value is -4.28. The van der Waals surface area contributed by atoms with Crippen molar-refractivity contribution in [3.63, 3.8) is 0 Å². The zero-order valence-corrected chi connectivity index (χ0v) is 19.5. The predicted molar refractivity (Wildman–Crippen MR) is 133 cm³/mol. The monoisotopic (exact) mass is 487 g/mol. The Morgan fingerprint density at radius 2 is 1.60 bits per heavy atom. The fourth-order valence-corrected chi connectivity index (χ4v) is 5.06. The van der Waals surface area contributed by atoms with Gasteiger partial charge in [-0.1, -0.05) is 48.5 Å². The molecule has 0 radical (unpaired) electrons. The number of fused-ring (bicyclic) bond motifs is 1. The van der Waals surface area contributed by atoms with Crippen molar-refractivity contribution < 1.29 is 8.42 Å². The van der Waals surface area contributed by atoms with Crippen LogP contribution in [0.25, 0.3) is 27.8 Å². The van der Waals surface area contributed by atoms with E-state index in [1.165, 1.54) is 29.6 Å². The van der Waals surface area contributed by atoms with Crippen LogP contribution in [-0.2, 0) is 16.6 Å². The molecule has 10 heteroatoms. The number of benzene rings is 3. The van der Waals surface area contributed by atoms with Gasteiger partial charge in [0, 0.05) is 30.9 Å². The number of nitrogens with zero attached hydrogens (tertiary/aromatic N) is 3. The average molecular weight is 488 g/mol. The first-order valence-corrected chi connectivity index (χ1v) is 12.2. The van der Waals surface area contributed by atoms with E-state index < -0.39 is 21.3 Å². The van der Waals surface area contributed by atoms with E-state index in [1.807, 2.05) is 66.9 Å². The van der Waals surface area contributed by atoms with E-state index >= 15 is 0 Å².